The van der Waals surface area contributed by atoms with Crippen LogP contribution in [-0.2, 0) is 9.53 Å². The number of hydrogen-bond donors (Lipinski definition) is 0. The number of hydrogen-bond acceptors (Lipinski definition) is 2. The molecule has 0 atom stereocenters. The zero-order valence-corrected chi connectivity index (χ0v) is 25.4. The van der Waals surface area contributed by atoms with E-state index in [1.54, 1.807) is 0 Å². The van der Waals surface area contributed by atoms with Gasteiger partial charge in [-0.05, 0) is 5.92 Å². The van der Waals surface area contributed by atoms with Crippen molar-refractivity contribution in [1.29, 1.82) is 0 Å². The minimum atomic E-state index is -0.528. The van der Waals surface area contributed by atoms with E-state index in [0.717, 1.165) is 0 Å². The van der Waals surface area contributed by atoms with Gasteiger partial charge in [0.25, 0.3) is 0 Å². The largest absolute Gasteiger partial charge is 1.00 e. The first kappa shape index (κ1) is 29.9. The second-order valence-electron chi connectivity index (χ2n) is 6.17. The summed E-state index contributed by atoms with van der Waals surface area (Å²) in [5, 5.41) is -1.14. The first-order chi connectivity index (χ1) is 14.5. The van der Waals surface area contributed by atoms with Gasteiger partial charge in [-0.3, -0.25) is 4.79 Å². The van der Waals surface area contributed by atoms with Crippen LogP contribution >= 0.6 is 116 Å². The zero-order valence-electron chi connectivity index (χ0n) is 15.9. The molecule has 1 heterocycles. The number of morpholine rings is 1. The average molecular weight is 648 g/mol. The van der Waals surface area contributed by atoms with Crippen LogP contribution in [0.5, 0.6) is 0 Å². The Hall–Kier alpha value is 1.64. The molecule has 32 heavy (non-hydrogen) atoms. The van der Waals surface area contributed by atoms with Gasteiger partial charge < -0.3 is 9.64 Å². The van der Waals surface area contributed by atoms with E-state index in [2.05, 4.69) is 0 Å². The Morgan fingerprint density at radius 1 is 0.594 bits per heavy atom. The molecular weight excluding hydrogens is 640 g/mol. The topological polar surface area (TPSA) is 29.5 Å². The van der Waals surface area contributed by atoms with E-state index in [1.165, 1.54) is 4.90 Å². The molecule has 168 valence electrons. The average Bonchev–Trinajstić information content (AvgIpc) is 2.78. The van der Waals surface area contributed by atoms with E-state index < -0.39 is 5.91 Å². The molecule has 3 rings (SSSR count). The smallest absolute Gasteiger partial charge is 0.378 e. The van der Waals surface area contributed by atoms with Gasteiger partial charge in [0.15, 0.2) is 0 Å². The number of benzene rings is 2. The van der Waals surface area contributed by atoms with Gasteiger partial charge in [0.2, 0.25) is 5.91 Å². The second kappa shape index (κ2) is 12.3. The fraction of sp³-hybridized carbons (Fsp3) is 0.222. The fourth-order valence-corrected chi connectivity index (χ4v) is 5.57. The Balaban J connectivity index is 0.00000363. The standard InChI is InChI=1S/C18H8Cl10NO2.Na/c19-8-6(9(20)13(24)16(27)12(8)23)5(18(30)29-1-3-31-4-2-29)7-10(21)14(25)17(28)15(26)11(7)22;/h1-4H2;/q-1;+1. The van der Waals surface area contributed by atoms with Crippen molar-refractivity contribution in [3.63, 3.8) is 0 Å². The SMILES string of the molecule is O=C([C-](c1c(Cl)c(Cl)c(Cl)c(Cl)c1Cl)c1c(Cl)c(Cl)c(Cl)c(Cl)c1Cl)N1CCOCC1.[Na+]. The molecule has 1 aliphatic heterocycles. The molecule has 0 aliphatic carbocycles. The van der Waals surface area contributed by atoms with Crippen LogP contribution in [0.1, 0.15) is 11.1 Å². The summed E-state index contributed by atoms with van der Waals surface area (Å²) < 4.78 is 5.32. The van der Waals surface area contributed by atoms with E-state index in [0.29, 0.717) is 13.2 Å². The van der Waals surface area contributed by atoms with Crippen molar-refractivity contribution in [3.05, 3.63) is 67.3 Å². The van der Waals surface area contributed by atoms with Crippen molar-refractivity contribution in [1.82, 2.24) is 4.90 Å². The maximum atomic E-state index is 13.7. The Bertz CT molecular complexity index is 947. The van der Waals surface area contributed by atoms with Crippen LogP contribution in [0.2, 0.25) is 50.2 Å². The quantitative estimate of drug-likeness (QED) is 0.176. The van der Waals surface area contributed by atoms with Crippen LogP contribution in [0, 0.1) is 5.92 Å². The van der Waals surface area contributed by atoms with Crippen LogP contribution in [0.15, 0.2) is 0 Å². The number of carbonyl (C=O) groups is 1. The molecule has 3 nitrogen and oxygen atoms in total. The summed E-state index contributed by atoms with van der Waals surface area (Å²) in [4.78, 5) is 15.2. The summed E-state index contributed by atoms with van der Waals surface area (Å²) in [6, 6.07) is 0. The predicted octanol–water partition coefficient (Wildman–Crippen LogP) is 6.05. The van der Waals surface area contributed by atoms with Gasteiger partial charge in [0, 0.05) is 53.3 Å². The number of rotatable bonds is 3. The first-order valence-corrected chi connectivity index (χ1v) is 12.1. The van der Waals surface area contributed by atoms with Crippen LogP contribution < -0.4 is 29.6 Å². The van der Waals surface area contributed by atoms with Crippen molar-refractivity contribution in [2.75, 3.05) is 26.3 Å². The molecule has 2 aromatic carbocycles. The van der Waals surface area contributed by atoms with Gasteiger partial charge in [-0.25, -0.2) is 0 Å². The van der Waals surface area contributed by atoms with Gasteiger partial charge in [0.05, 0.1) is 23.3 Å². The molecule has 1 saturated heterocycles. The third-order valence-electron chi connectivity index (χ3n) is 4.43. The number of amides is 1. The Labute approximate surface area is 256 Å². The molecule has 0 aromatic heterocycles. The van der Waals surface area contributed by atoms with Gasteiger partial charge in [-0.1, -0.05) is 80.7 Å². The van der Waals surface area contributed by atoms with Crippen LogP contribution in [0.4, 0.5) is 0 Å². The van der Waals surface area contributed by atoms with Gasteiger partial charge in [-0.2, -0.15) is 0 Å². The van der Waals surface area contributed by atoms with Crippen molar-refractivity contribution in [2.45, 2.75) is 0 Å². The molecule has 0 N–H and O–H groups in total. The molecule has 2 aromatic rings. The van der Waals surface area contributed by atoms with E-state index in [-0.39, 0.29) is 110 Å². The molecule has 0 spiro atoms. The van der Waals surface area contributed by atoms with Crippen molar-refractivity contribution >= 4 is 122 Å². The minimum Gasteiger partial charge on any atom is -0.378 e. The summed E-state index contributed by atoms with van der Waals surface area (Å²) in [5.41, 5.74) is -0.0602. The molecule has 0 unspecified atom stereocenters. The molecule has 1 amide bonds. The summed E-state index contributed by atoms with van der Waals surface area (Å²) in [7, 11) is 0. The molecule has 1 aliphatic rings. The molecule has 0 radical (unpaired) electrons. The summed E-state index contributed by atoms with van der Waals surface area (Å²) in [5.74, 6) is -0.646. The van der Waals surface area contributed by atoms with E-state index >= 15 is 0 Å². The van der Waals surface area contributed by atoms with Crippen LogP contribution in [0.25, 0.3) is 0 Å². The molecule has 0 saturated carbocycles. The summed E-state index contributed by atoms with van der Waals surface area (Å²) in [6.07, 6.45) is 0. The van der Waals surface area contributed by atoms with Crippen LogP contribution in [0.3, 0.4) is 0 Å². The summed E-state index contributed by atoms with van der Waals surface area (Å²) in [6.45, 7) is 1.23. The zero-order chi connectivity index (χ0) is 23.2. The van der Waals surface area contributed by atoms with Crippen molar-refractivity contribution in [3.8, 4) is 0 Å². The minimum absolute atomic E-state index is 0. The number of nitrogens with zero attached hydrogens (tertiary/aromatic N) is 1. The Morgan fingerprint density at radius 3 is 1.19 bits per heavy atom. The van der Waals surface area contributed by atoms with E-state index in [9.17, 15) is 4.79 Å². The summed E-state index contributed by atoms with van der Waals surface area (Å²) >= 11 is 63.1. The van der Waals surface area contributed by atoms with Crippen molar-refractivity contribution < 1.29 is 39.1 Å². The maximum absolute atomic E-state index is 13.7. The molecular formula is C18H8Cl10NNaO2. The molecule has 0 bridgehead atoms. The number of ether oxygens (including phenoxy) is 1. The van der Waals surface area contributed by atoms with Crippen molar-refractivity contribution in [2.24, 2.45) is 0 Å². The Kier molecular flexibility index (Phi) is 11.4. The molecule has 14 heteroatoms. The van der Waals surface area contributed by atoms with Gasteiger partial charge >= 0.3 is 29.6 Å². The third-order valence-corrected chi connectivity index (χ3v) is 8.99. The predicted molar refractivity (Wildman–Crippen MR) is 132 cm³/mol. The molecule has 1 fully saturated rings. The maximum Gasteiger partial charge on any atom is 1.00 e. The number of carbonyl (C=O) groups excluding carboxylic acids is 1. The monoisotopic (exact) mass is 643 g/mol. The van der Waals surface area contributed by atoms with E-state index in [4.69, 9.17) is 121 Å². The van der Waals surface area contributed by atoms with E-state index in [1.807, 2.05) is 0 Å². The normalized spacial score (nSPS) is 13.8. The first-order valence-electron chi connectivity index (χ1n) is 8.28. The van der Waals surface area contributed by atoms with Gasteiger partial charge in [-0.15, -0.1) is 46.4 Å². The van der Waals surface area contributed by atoms with Crippen LogP contribution in [-0.4, -0.2) is 37.1 Å². The number of halogens is 10. The third kappa shape index (κ3) is 5.48. The fourth-order valence-electron chi connectivity index (χ4n) is 2.91. The van der Waals surface area contributed by atoms with Gasteiger partial charge in [0.1, 0.15) is 0 Å². The Morgan fingerprint density at radius 2 is 0.875 bits per heavy atom. The second-order valence-corrected chi connectivity index (χ2v) is 9.95.